The molecular weight excluding hydrogens is 132 g/mol. The zero-order valence-corrected chi connectivity index (χ0v) is 5.80. The molecule has 1 aliphatic rings. The molecule has 0 aromatic rings. The lowest BCUT2D eigenvalue weighted by Crippen LogP contribution is -1.81. The van der Waals surface area contributed by atoms with Crippen LogP contribution >= 0.6 is 10.5 Å². The highest BCUT2D eigenvalue weighted by molar-refractivity contribution is 8.18. The first-order valence-corrected chi connectivity index (χ1v) is 4.26. The molecule has 0 fully saturated rings. The van der Waals surface area contributed by atoms with Gasteiger partial charge < -0.3 is 0 Å². The van der Waals surface area contributed by atoms with Crippen molar-refractivity contribution in [1.82, 2.24) is 0 Å². The summed E-state index contributed by atoms with van der Waals surface area (Å²) in [4.78, 5) is 9.97. The van der Waals surface area contributed by atoms with Crippen LogP contribution < -0.4 is 0 Å². The van der Waals surface area contributed by atoms with Crippen LogP contribution in [0.2, 0.25) is 0 Å². The molecule has 0 radical (unpaired) electrons. The molecule has 0 aromatic heterocycles. The second-order valence-electron chi connectivity index (χ2n) is 1.66. The lowest BCUT2D eigenvalue weighted by Gasteiger charge is -1.99. The SMILES string of the molecule is O=CC=S1C=CC=CC1. The van der Waals surface area contributed by atoms with Gasteiger partial charge >= 0.3 is 0 Å². The second-order valence-corrected chi connectivity index (χ2v) is 3.48. The van der Waals surface area contributed by atoms with Crippen molar-refractivity contribution in [3.8, 4) is 0 Å². The van der Waals surface area contributed by atoms with Gasteiger partial charge in [0, 0.05) is 11.1 Å². The topological polar surface area (TPSA) is 17.1 Å². The molecule has 1 nitrogen and oxygen atoms in total. The lowest BCUT2D eigenvalue weighted by atomic mass is 10.5. The summed E-state index contributed by atoms with van der Waals surface area (Å²) in [6.07, 6.45) is 6.92. The summed E-state index contributed by atoms with van der Waals surface area (Å²) in [6.45, 7) is 0. The number of carbonyl (C=O) groups is 1. The molecule has 1 rings (SSSR count). The van der Waals surface area contributed by atoms with E-state index in [1.54, 1.807) is 5.37 Å². The molecule has 0 bridgehead atoms. The third kappa shape index (κ3) is 1.98. The van der Waals surface area contributed by atoms with Crippen LogP contribution in [0.15, 0.2) is 23.6 Å². The number of aldehydes is 1. The van der Waals surface area contributed by atoms with Gasteiger partial charge in [0.05, 0.1) is 0 Å². The second kappa shape index (κ2) is 3.41. The molecular formula is C7H8OS. The van der Waals surface area contributed by atoms with E-state index < -0.39 is 0 Å². The van der Waals surface area contributed by atoms with Crippen LogP contribution in [0.25, 0.3) is 0 Å². The van der Waals surface area contributed by atoms with E-state index in [9.17, 15) is 4.79 Å². The lowest BCUT2D eigenvalue weighted by molar-refractivity contribution is -0.102. The van der Waals surface area contributed by atoms with Crippen LogP contribution in [0.1, 0.15) is 0 Å². The van der Waals surface area contributed by atoms with Crippen molar-refractivity contribution >= 4 is 22.1 Å². The predicted molar refractivity (Wildman–Crippen MR) is 42.9 cm³/mol. The molecule has 1 aliphatic heterocycles. The molecule has 9 heavy (non-hydrogen) atoms. The Morgan fingerprint density at radius 2 is 2.33 bits per heavy atom. The standard InChI is InChI=1S/C7H8OS/c8-4-7-9-5-2-1-3-6-9/h1-5,7H,6H2. The first-order chi connectivity index (χ1) is 4.43. The van der Waals surface area contributed by atoms with E-state index in [2.05, 4.69) is 11.5 Å². The van der Waals surface area contributed by atoms with Crippen molar-refractivity contribution in [3.63, 3.8) is 0 Å². The Kier molecular flexibility index (Phi) is 2.46. The van der Waals surface area contributed by atoms with Crippen molar-refractivity contribution in [2.24, 2.45) is 0 Å². The van der Waals surface area contributed by atoms with Gasteiger partial charge in [-0.05, 0) is 5.41 Å². The number of carbonyl (C=O) groups excluding carboxylic acids is 1. The third-order valence-corrected chi connectivity index (χ3v) is 2.56. The van der Waals surface area contributed by atoms with Crippen LogP contribution in [-0.2, 0) is 4.79 Å². The summed E-state index contributed by atoms with van der Waals surface area (Å²) in [5, 5.41) is 3.74. The molecule has 48 valence electrons. The van der Waals surface area contributed by atoms with E-state index in [0.717, 1.165) is 12.0 Å². The molecule has 0 saturated heterocycles. The maximum Gasteiger partial charge on any atom is 0.148 e. The van der Waals surface area contributed by atoms with Crippen LogP contribution in [0, 0.1) is 0 Å². The van der Waals surface area contributed by atoms with E-state index in [0.29, 0.717) is 0 Å². The molecule has 0 spiro atoms. The van der Waals surface area contributed by atoms with Gasteiger partial charge in [0.15, 0.2) is 0 Å². The Hall–Kier alpha value is -0.630. The highest BCUT2D eigenvalue weighted by atomic mass is 32.2. The van der Waals surface area contributed by atoms with Gasteiger partial charge in [0.25, 0.3) is 0 Å². The normalized spacial score (nSPS) is 24.7. The largest absolute Gasteiger partial charge is 0.298 e. The molecule has 0 N–H and O–H groups in total. The molecule has 1 atom stereocenters. The monoisotopic (exact) mass is 140 g/mol. The van der Waals surface area contributed by atoms with Gasteiger partial charge in [-0.2, -0.15) is 10.5 Å². The highest BCUT2D eigenvalue weighted by Crippen LogP contribution is 2.16. The Bertz CT molecular complexity index is 189. The van der Waals surface area contributed by atoms with Crippen molar-refractivity contribution in [3.05, 3.63) is 23.6 Å². The fourth-order valence-electron chi connectivity index (χ4n) is 0.619. The van der Waals surface area contributed by atoms with Gasteiger partial charge in [-0.3, -0.25) is 4.79 Å². The summed E-state index contributed by atoms with van der Waals surface area (Å²) >= 11 is 0. The minimum Gasteiger partial charge on any atom is -0.298 e. The zero-order chi connectivity index (χ0) is 6.53. The van der Waals surface area contributed by atoms with Crippen LogP contribution in [0.5, 0.6) is 0 Å². The summed E-state index contributed by atoms with van der Waals surface area (Å²) < 4.78 is 0. The average molecular weight is 140 g/mol. The zero-order valence-electron chi connectivity index (χ0n) is 4.99. The fraction of sp³-hybridized carbons (Fsp3) is 0.143. The van der Waals surface area contributed by atoms with Crippen LogP contribution in [0.4, 0.5) is 0 Å². The highest BCUT2D eigenvalue weighted by Gasteiger charge is 1.87. The predicted octanol–water partition coefficient (Wildman–Crippen LogP) is 1.34. The maximum absolute atomic E-state index is 9.97. The Morgan fingerprint density at radius 1 is 1.44 bits per heavy atom. The van der Waals surface area contributed by atoms with Crippen LogP contribution in [-0.4, -0.2) is 17.4 Å². The van der Waals surface area contributed by atoms with Gasteiger partial charge in [0.1, 0.15) is 6.29 Å². The fourth-order valence-corrected chi connectivity index (χ4v) is 1.70. The number of hydrogen-bond donors (Lipinski definition) is 0. The van der Waals surface area contributed by atoms with Gasteiger partial charge in [-0.1, -0.05) is 18.2 Å². The molecule has 0 aromatic carbocycles. The number of hydrogen-bond acceptors (Lipinski definition) is 1. The van der Waals surface area contributed by atoms with E-state index in [-0.39, 0.29) is 10.5 Å². The number of rotatable bonds is 1. The van der Waals surface area contributed by atoms with E-state index in [1.807, 2.05) is 12.2 Å². The minimum atomic E-state index is 0.0949. The Morgan fingerprint density at radius 3 is 2.89 bits per heavy atom. The van der Waals surface area contributed by atoms with Crippen molar-refractivity contribution in [1.29, 1.82) is 0 Å². The van der Waals surface area contributed by atoms with Crippen LogP contribution in [0.3, 0.4) is 0 Å². The molecule has 0 amide bonds. The van der Waals surface area contributed by atoms with Crippen molar-refractivity contribution < 1.29 is 4.79 Å². The van der Waals surface area contributed by atoms with Gasteiger partial charge in [0.2, 0.25) is 0 Å². The Labute approximate surface area is 57.0 Å². The molecule has 2 heteroatoms. The average Bonchev–Trinajstić information content (AvgIpc) is 1.91. The smallest absolute Gasteiger partial charge is 0.148 e. The molecule has 0 aliphatic carbocycles. The Balaban J connectivity index is 2.65. The summed E-state index contributed by atoms with van der Waals surface area (Å²) in [6, 6.07) is 0. The first kappa shape index (κ1) is 6.49. The van der Waals surface area contributed by atoms with Gasteiger partial charge in [-0.25, -0.2) is 0 Å². The van der Waals surface area contributed by atoms with Crippen molar-refractivity contribution in [2.45, 2.75) is 0 Å². The van der Waals surface area contributed by atoms with E-state index in [1.165, 1.54) is 0 Å². The minimum absolute atomic E-state index is 0.0949. The summed E-state index contributed by atoms with van der Waals surface area (Å²) in [7, 11) is 0.0949. The molecule has 0 saturated carbocycles. The maximum atomic E-state index is 9.97. The first-order valence-electron chi connectivity index (χ1n) is 2.74. The van der Waals surface area contributed by atoms with Crippen molar-refractivity contribution in [2.75, 3.05) is 5.75 Å². The summed E-state index contributed by atoms with van der Waals surface area (Å²) in [5.41, 5.74) is 0. The van der Waals surface area contributed by atoms with Gasteiger partial charge in [-0.15, -0.1) is 0 Å². The number of allylic oxidation sites excluding steroid dienone is 2. The van der Waals surface area contributed by atoms with E-state index >= 15 is 0 Å². The molecule has 1 unspecified atom stereocenters. The summed E-state index contributed by atoms with van der Waals surface area (Å²) in [5.74, 6) is 0.995. The van der Waals surface area contributed by atoms with E-state index in [4.69, 9.17) is 0 Å². The third-order valence-electron chi connectivity index (χ3n) is 1.02. The quantitative estimate of drug-likeness (QED) is 0.397. The molecule has 1 heterocycles.